The van der Waals surface area contributed by atoms with Gasteiger partial charge in [-0.1, -0.05) is 0 Å². The molecule has 0 bridgehead atoms. The molecule has 2 heterocycles. The topological polar surface area (TPSA) is 55.7 Å². The zero-order valence-corrected chi connectivity index (χ0v) is 10.5. The van der Waals surface area contributed by atoms with Crippen LogP contribution in [0, 0.1) is 6.92 Å². The second-order valence-electron chi connectivity index (χ2n) is 3.78. The number of fused-ring (bicyclic) bond motifs is 1. The summed E-state index contributed by atoms with van der Waals surface area (Å²) in [5, 5.41) is 6.88. The van der Waals surface area contributed by atoms with Crippen LogP contribution in [0.1, 0.15) is 11.3 Å². The number of hydrazone groups is 1. The molecule has 1 aliphatic heterocycles. The number of ether oxygens (including phenoxy) is 2. The van der Waals surface area contributed by atoms with Gasteiger partial charge in [0, 0.05) is 5.38 Å². The molecule has 0 atom stereocenters. The van der Waals surface area contributed by atoms with Crippen LogP contribution in [0.4, 0.5) is 5.13 Å². The molecule has 5 nitrogen and oxygen atoms in total. The number of nitrogens with one attached hydrogen (secondary N) is 1. The Balaban J connectivity index is 1.69. The third-order valence-corrected chi connectivity index (χ3v) is 3.25. The third kappa shape index (κ3) is 2.28. The first-order valence-electron chi connectivity index (χ1n) is 5.42. The largest absolute Gasteiger partial charge is 0.454 e. The van der Waals surface area contributed by atoms with E-state index in [1.807, 2.05) is 30.5 Å². The van der Waals surface area contributed by atoms with Crippen LogP contribution in [0.3, 0.4) is 0 Å². The smallest absolute Gasteiger partial charge is 0.231 e. The number of hydrogen-bond acceptors (Lipinski definition) is 6. The van der Waals surface area contributed by atoms with Gasteiger partial charge in [-0.05, 0) is 30.7 Å². The van der Waals surface area contributed by atoms with Gasteiger partial charge in [0.1, 0.15) is 0 Å². The monoisotopic (exact) mass is 261 g/mol. The van der Waals surface area contributed by atoms with Gasteiger partial charge >= 0.3 is 0 Å². The van der Waals surface area contributed by atoms with Crippen LogP contribution < -0.4 is 14.9 Å². The van der Waals surface area contributed by atoms with E-state index >= 15 is 0 Å². The molecule has 0 unspecified atom stereocenters. The van der Waals surface area contributed by atoms with Crippen LogP contribution in [-0.4, -0.2) is 18.0 Å². The first-order chi connectivity index (χ1) is 8.81. The molecule has 0 spiro atoms. The van der Waals surface area contributed by atoms with Crippen molar-refractivity contribution in [1.29, 1.82) is 0 Å². The molecule has 0 saturated carbocycles. The Hall–Kier alpha value is -2.08. The van der Waals surface area contributed by atoms with Crippen LogP contribution in [0.2, 0.25) is 0 Å². The summed E-state index contributed by atoms with van der Waals surface area (Å²) in [6, 6.07) is 5.68. The summed E-state index contributed by atoms with van der Waals surface area (Å²) in [6.07, 6.45) is 1.72. The highest BCUT2D eigenvalue weighted by Crippen LogP contribution is 2.31. The maximum Gasteiger partial charge on any atom is 0.231 e. The average molecular weight is 261 g/mol. The molecular weight excluding hydrogens is 250 g/mol. The van der Waals surface area contributed by atoms with Crippen LogP contribution in [0.5, 0.6) is 11.5 Å². The van der Waals surface area contributed by atoms with Gasteiger partial charge in [-0.25, -0.2) is 4.98 Å². The van der Waals surface area contributed by atoms with Crippen LogP contribution in [0.15, 0.2) is 28.7 Å². The number of benzene rings is 1. The Labute approximate surface area is 108 Å². The zero-order valence-electron chi connectivity index (χ0n) is 9.71. The van der Waals surface area contributed by atoms with E-state index in [2.05, 4.69) is 15.5 Å². The molecule has 1 aromatic carbocycles. The van der Waals surface area contributed by atoms with Crippen molar-refractivity contribution >= 4 is 22.7 Å². The summed E-state index contributed by atoms with van der Waals surface area (Å²) >= 11 is 1.52. The molecule has 0 saturated heterocycles. The minimum absolute atomic E-state index is 0.284. The quantitative estimate of drug-likeness (QED) is 0.681. The van der Waals surface area contributed by atoms with Gasteiger partial charge in [-0.15, -0.1) is 11.3 Å². The van der Waals surface area contributed by atoms with Crippen LogP contribution in [-0.2, 0) is 0 Å². The van der Waals surface area contributed by atoms with E-state index in [0.29, 0.717) is 0 Å². The van der Waals surface area contributed by atoms with Crippen molar-refractivity contribution in [2.24, 2.45) is 5.10 Å². The Bertz CT molecular complexity index is 595. The van der Waals surface area contributed by atoms with Crippen molar-refractivity contribution < 1.29 is 9.47 Å². The lowest BCUT2D eigenvalue weighted by Gasteiger charge is -1.97. The van der Waals surface area contributed by atoms with Crippen molar-refractivity contribution in [2.45, 2.75) is 6.92 Å². The molecule has 3 rings (SSSR count). The summed E-state index contributed by atoms with van der Waals surface area (Å²) in [6.45, 7) is 2.23. The van der Waals surface area contributed by atoms with Crippen molar-refractivity contribution in [3.05, 3.63) is 34.8 Å². The van der Waals surface area contributed by atoms with Crippen molar-refractivity contribution in [3.8, 4) is 11.5 Å². The van der Waals surface area contributed by atoms with Crippen molar-refractivity contribution in [3.63, 3.8) is 0 Å². The molecular formula is C12H11N3O2S. The van der Waals surface area contributed by atoms with Gasteiger partial charge in [0.25, 0.3) is 0 Å². The van der Waals surface area contributed by atoms with E-state index in [1.54, 1.807) is 6.21 Å². The van der Waals surface area contributed by atoms with Gasteiger partial charge in [0.2, 0.25) is 11.9 Å². The SMILES string of the molecule is Cc1csc(N/N=C/c2ccc3c(c2)OCO3)n1. The highest BCUT2D eigenvalue weighted by molar-refractivity contribution is 7.13. The minimum atomic E-state index is 0.284. The maximum atomic E-state index is 5.29. The molecule has 2 aromatic rings. The molecule has 0 amide bonds. The lowest BCUT2D eigenvalue weighted by atomic mass is 10.2. The number of hydrogen-bond donors (Lipinski definition) is 1. The first-order valence-corrected chi connectivity index (χ1v) is 6.30. The molecule has 0 aliphatic carbocycles. The molecule has 0 fully saturated rings. The molecule has 6 heteroatoms. The summed E-state index contributed by atoms with van der Waals surface area (Å²) in [5.41, 5.74) is 4.82. The molecule has 1 aromatic heterocycles. The van der Waals surface area contributed by atoms with Crippen LogP contribution in [0.25, 0.3) is 0 Å². The molecule has 1 aliphatic rings. The van der Waals surface area contributed by atoms with Gasteiger partial charge in [0.05, 0.1) is 11.9 Å². The minimum Gasteiger partial charge on any atom is -0.454 e. The molecule has 92 valence electrons. The maximum absolute atomic E-state index is 5.29. The van der Waals surface area contributed by atoms with Gasteiger partial charge in [-0.3, -0.25) is 5.43 Å². The highest BCUT2D eigenvalue weighted by Gasteiger charge is 2.12. The van der Waals surface area contributed by atoms with Gasteiger partial charge in [-0.2, -0.15) is 5.10 Å². The predicted octanol–water partition coefficient (Wildman–Crippen LogP) is 2.63. The summed E-state index contributed by atoms with van der Waals surface area (Å²) < 4.78 is 10.5. The number of aromatic nitrogens is 1. The van der Waals surface area contributed by atoms with E-state index in [1.165, 1.54) is 11.3 Å². The summed E-state index contributed by atoms with van der Waals surface area (Å²) in [4.78, 5) is 4.25. The van der Waals surface area contributed by atoms with Gasteiger partial charge in [0.15, 0.2) is 11.5 Å². The fourth-order valence-electron chi connectivity index (χ4n) is 1.56. The van der Waals surface area contributed by atoms with E-state index < -0.39 is 0 Å². The summed E-state index contributed by atoms with van der Waals surface area (Å²) in [5.74, 6) is 1.53. The zero-order chi connectivity index (χ0) is 12.4. The first kappa shape index (κ1) is 11.0. The lowest BCUT2D eigenvalue weighted by molar-refractivity contribution is 0.174. The summed E-state index contributed by atoms with van der Waals surface area (Å²) in [7, 11) is 0. The lowest BCUT2D eigenvalue weighted by Crippen LogP contribution is -1.93. The fraction of sp³-hybridized carbons (Fsp3) is 0.167. The number of anilines is 1. The van der Waals surface area contributed by atoms with Crippen LogP contribution >= 0.6 is 11.3 Å². The number of thiazole rings is 1. The Morgan fingerprint density at radius 1 is 1.39 bits per heavy atom. The number of rotatable bonds is 3. The van der Waals surface area contributed by atoms with Gasteiger partial charge < -0.3 is 9.47 Å². The Kier molecular flexibility index (Phi) is 2.85. The normalized spacial score (nSPS) is 13.2. The second kappa shape index (κ2) is 4.66. The standard InChI is InChI=1S/C12H11N3O2S/c1-8-6-18-12(14-8)15-13-5-9-2-3-10-11(4-9)17-7-16-10/h2-6H,7H2,1H3,(H,14,15)/b13-5+. The highest BCUT2D eigenvalue weighted by atomic mass is 32.1. The van der Waals surface area contributed by atoms with E-state index in [-0.39, 0.29) is 6.79 Å². The predicted molar refractivity (Wildman–Crippen MR) is 70.6 cm³/mol. The Morgan fingerprint density at radius 2 is 2.28 bits per heavy atom. The van der Waals surface area contributed by atoms with E-state index in [4.69, 9.17) is 9.47 Å². The average Bonchev–Trinajstić information content (AvgIpc) is 2.97. The third-order valence-electron chi connectivity index (χ3n) is 2.39. The van der Waals surface area contributed by atoms with Crippen molar-refractivity contribution in [2.75, 3.05) is 12.2 Å². The van der Waals surface area contributed by atoms with Crippen molar-refractivity contribution in [1.82, 2.24) is 4.98 Å². The Morgan fingerprint density at radius 3 is 3.11 bits per heavy atom. The molecule has 1 N–H and O–H groups in total. The second-order valence-corrected chi connectivity index (χ2v) is 4.63. The molecule has 0 radical (unpaired) electrons. The fourth-order valence-corrected chi connectivity index (χ4v) is 2.20. The van der Waals surface area contributed by atoms with E-state index in [0.717, 1.165) is 27.9 Å². The number of aryl methyl sites for hydroxylation is 1. The number of nitrogens with zero attached hydrogens (tertiary/aromatic N) is 2. The van der Waals surface area contributed by atoms with E-state index in [9.17, 15) is 0 Å². The molecule has 18 heavy (non-hydrogen) atoms.